The molecule has 2 fully saturated rings. The van der Waals surface area contributed by atoms with Crippen LogP contribution in [-0.2, 0) is 20.9 Å². The summed E-state index contributed by atoms with van der Waals surface area (Å²) in [5.41, 5.74) is 0.968. The van der Waals surface area contributed by atoms with Gasteiger partial charge in [0.05, 0.1) is 19.4 Å². The predicted molar refractivity (Wildman–Crippen MR) is 98.7 cm³/mol. The SMILES string of the molecule is O=C(CN1C(=O)C(=O)N(Cc2ccco2)C1=O)c1ccc(N2CCCC2=O)cc1. The third kappa shape index (κ3) is 3.42. The van der Waals surface area contributed by atoms with Crippen LogP contribution in [0.1, 0.15) is 29.0 Å². The average molecular weight is 395 g/mol. The van der Waals surface area contributed by atoms with E-state index in [4.69, 9.17) is 4.42 Å². The Bertz CT molecular complexity index is 996. The van der Waals surface area contributed by atoms with Crippen molar-refractivity contribution in [1.29, 1.82) is 0 Å². The van der Waals surface area contributed by atoms with Crippen molar-refractivity contribution in [2.24, 2.45) is 0 Å². The smallest absolute Gasteiger partial charge is 0.335 e. The third-order valence-corrected chi connectivity index (χ3v) is 4.91. The molecule has 0 radical (unpaired) electrons. The molecule has 0 atom stereocenters. The number of urea groups is 1. The summed E-state index contributed by atoms with van der Waals surface area (Å²) >= 11 is 0. The third-order valence-electron chi connectivity index (χ3n) is 4.91. The molecule has 0 saturated carbocycles. The van der Waals surface area contributed by atoms with Crippen molar-refractivity contribution in [1.82, 2.24) is 9.80 Å². The van der Waals surface area contributed by atoms with Crippen LogP contribution in [0.4, 0.5) is 10.5 Å². The van der Waals surface area contributed by atoms with Crippen molar-refractivity contribution in [2.75, 3.05) is 18.0 Å². The Morgan fingerprint density at radius 3 is 2.31 bits per heavy atom. The maximum atomic E-state index is 12.5. The fraction of sp³-hybridized carbons (Fsp3) is 0.250. The topological polar surface area (TPSA) is 108 Å². The number of imide groups is 2. The standard InChI is InChI=1S/C20H17N3O6/c24-16(13-5-7-14(8-6-13)21-9-1-4-17(21)25)12-23-19(27)18(26)22(20(23)28)11-15-3-2-10-29-15/h2-3,5-8,10H,1,4,9,11-12H2. The van der Waals surface area contributed by atoms with Gasteiger partial charge >= 0.3 is 17.8 Å². The second kappa shape index (κ2) is 7.34. The summed E-state index contributed by atoms with van der Waals surface area (Å²) in [6, 6.07) is 8.70. The molecule has 2 aliphatic heterocycles. The van der Waals surface area contributed by atoms with Gasteiger partial charge < -0.3 is 9.32 Å². The van der Waals surface area contributed by atoms with Crippen LogP contribution in [0, 0.1) is 0 Å². The zero-order valence-electron chi connectivity index (χ0n) is 15.4. The largest absolute Gasteiger partial charge is 0.467 e. The molecule has 2 saturated heterocycles. The summed E-state index contributed by atoms with van der Waals surface area (Å²) in [6.45, 7) is -0.0871. The molecule has 1 aromatic heterocycles. The number of rotatable bonds is 6. The van der Waals surface area contributed by atoms with E-state index in [0.717, 1.165) is 11.3 Å². The highest BCUT2D eigenvalue weighted by Crippen LogP contribution is 2.22. The quantitative estimate of drug-likeness (QED) is 0.417. The summed E-state index contributed by atoms with van der Waals surface area (Å²) in [5.74, 6) is -2.15. The summed E-state index contributed by atoms with van der Waals surface area (Å²) < 4.78 is 5.10. The number of ketones is 1. The Kier molecular flexibility index (Phi) is 4.71. The van der Waals surface area contributed by atoms with Crippen molar-refractivity contribution in [2.45, 2.75) is 19.4 Å². The molecule has 1 aromatic carbocycles. The second-order valence-corrected chi connectivity index (χ2v) is 6.76. The van der Waals surface area contributed by atoms with E-state index in [2.05, 4.69) is 0 Å². The minimum absolute atomic E-state index is 0.0347. The minimum atomic E-state index is -1.05. The first-order valence-corrected chi connectivity index (χ1v) is 9.09. The second-order valence-electron chi connectivity index (χ2n) is 6.76. The Morgan fingerprint density at radius 2 is 1.69 bits per heavy atom. The lowest BCUT2D eigenvalue weighted by Crippen LogP contribution is -2.36. The molecule has 0 aliphatic carbocycles. The predicted octanol–water partition coefficient (Wildman–Crippen LogP) is 1.58. The molecule has 9 heteroatoms. The lowest BCUT2D eigenvalue weighted by Gasteiger charge is -2.16. The number of benzene rings is 1. The molecule has 9 nitrogen and oxygen atoms in total. The normalized spacial score (nSPS) is 17.0. The van der Waals surface area contributed by atoms with Gasteiger partial charge in [0.1, 0.15) is 5.76 Å². The lowest BCUT2D eigenvalue weighted by atomic mass is 10.1. The maximum Gasteiger partial charge on any atom is 0.335 e. The first-order chi connectivity index (χ1) is 14.0. The highest BCUT2D eigenvalue weighted by atomic mass is 16.3. The fourth-order valence-corrected chi connectivity index (χ4v) is 3.37. The van der Waals surface area contributed by atoms with Crippen LogP contribution in [0.15, 0.2) is 47.1 Å². The van der Waals surface area contributed by atoms with Crippen molar-refractivity contribution >= 4 is 35.2 Å². The number of Topliss-reactive ketones (excluding diaryl/α,β-unsaturated/α-hetero) is 1. The van der Waals surface area contributed by atoms with Gasteiger partial charge in [-0.05, 0) is 42.8 Å². The van der Waals surface area contributed by atoms with Gasteiger partial charge in [0.25, 0.3) is 0 Å². The number of carbonyl (C=O) groups excluding carboxylic acids is 5. The molecule has 0 bridgehead atoms. The Labute approximate surface area is 165 Å². The van der Waals surface area contributed by atoms with E-state index in [0.29, 0.717) is 29.3 Å². The van der Waals surface area contributed by atoms with Gasteiger partial charge in [0, 0.05) is 24.2 Å². The van der Waals surface area contributed by atoms with Crippen LogP contribution < -0.4 is 4.90 Å². The first kappa shape index (κ1) is 18.6. The first-order valence-electron chi connectivity index (χ1n) is 9.09. The number of amides is 5. The van der Waals surface area contributed by atoms with E-state index < -0.39 is 30.2 Å². The van der Waals surface area contributed by atoms with Crippen LogP contribution >= 0.6 is 0 Å². The molecular formula is C20H17N3O6. The Hall–Kier alpha value is -3.75. The number of hydrogen-bond donors (Lipinski definition) is 0. The van der Waals surface area contributed by atoms with E-state index in [9.17, 15) is 24.0 Å². The van der Waals surface area contributed by atoms with Gasteiger partial charge in [0.15, 0.2) is 5.78 Å². The number of nitrogens with zero attached hydrogens (tertiary/aromatic N) is 3. The van der Waals surface area contributed by atoms with Crippen molar-refractivity contribution in [3.8, 4) is 0 Å². The van der Waals surface area contributed by atoms with E-state index in [-0.39, 0.29) is 18.0 Å². The van der Waals surface area contributed by atoms with Crippen molar-refractivity contribution in [3.63, 3.8) is 0 Å². The minimum Gasteiger partial charge on any atom is -0.467 e. The highest BCUT2D eigenvalue weighted by molar-refractivity contribution is 6.45. The van der Waals surface area contributed by atoms with Gasteiger partial charge in [-0.2, -0.15) is 0 Å². The van der Waals surface area contributed by atoms with Crippen LogP contribution in [0.3, 0.4) is 0 Å². The van der Waals surface area contributed by atoms with Crippen LogP contribution in [0.2, 0.25) is 0 Å². The maximum absolute atomic E-state index is 12.5. The zero-order valence-corrected chi connectivity index (χ0v) is 15.4. The Morgan fingerprint density at radius 1 is 0.966 bits per heavy atom. The molecule has 148 valence electrons. The number of hydrogen-bond acceptors (Lipinski definition) is 6. The lowest BCUT2D eigenvalue weighted by molar-refractivity contribution is -0.143. The molecular weight excluding hydrogens is 378 g/mol. The number of anilines is 1. The highest BCUT2D eigenvalue weighted by Gasteiger charge is 2.45. The fourth-order valence-electron chi connectivity index (χ4n) is 3.37. The molecule has 0 N–H and O–H groups in total. The molecule has 29 heavy (non-hydrogen) atoms. The molecule has 2 aromatic rings. The number of carbonyl (C=O) groups is 5. The molecule has 4 rings (SSSR count). The average Bonchev–Trinajstić information content (AvgIpc) is 3.43. The van der Waals surface area contributed by atoms with Crippen LogP contribution in [0.5, 0.6) is 0 Å². The summed E-state index contributed by atoms with van der Waals surface area (Å²) in [6.07, 6.45) is 2.69. The van der Waals surface area contributed by atoms with Crippen LogP contribution in [-0.4, -0.2) is 52.4 Å². The van der Waals surface area contributed by atoms with Crippen molar-refractivity contribution in [3.05, 3.63) is 54.0 Å². The summed E-state index contributed by atoms with van der Waals surface area (Å²) in [7, 11) is 0. The molecule has 0 spiro atoms. The van der Waals surface area contributed by atoms with Crippen molar-refractivity contribution < 1.29 is 28.4 Å². The van der Waals surface area contributed by atoms with Gasteiger partial charge in [-0.15, -0.1) is 0 Å². The van der Waals surface area contributed by atoms with Gasteiger partial charge in [-0.3, -0.25) is 19.2 Å². The van der Waals surface area contributed by atoms with Gasteiger partial charge in [-0.1, -0.05) is 0 Å². The van der Waals surface area contributed by atoms with E-state index in [1.807, 2.05) is 0 Å². The monoisotopic (exact) mass is 395 g/mol. The van der Waals surface area contributed by atoms with E-state index in [1.54, 1.807) is 29.2 Å². The molecule has 5 amide bonds. The molecule has 2 aliphatic rings. The number of furan rings is 1. The Balaban J connectivity index is 1.45. The molecule has 0 unspecified atom stereocenters. The molecule has 3 heterocycles. The summed E-state index contributed by atoms with van der Waals surface area (Å²) in [5, 5.41) is 0. The van der Waals surface area contributed by atoms with Gasteiger partial charge in [0.2, 0.25) is 5.91 Å². The van der Waals surface area contributed by atoms with E-state index in [1.165, 1.54) is 18.4 Å². The zero-order chi connectivity index (χ0) is 20.5. The van der Waals surface area contributed by atoms with Crippen LogP contribution in [0.25, 0.3) is 0 Å². The van der Waals surface area contributed by atoms with E-state index >= 15 is 0 Å². The van der Waals surface area contributed by atoms with Gasteiger partial charge in [-0.25, -0.2) is 14.6 Å². The summed E-state index contributed by atoms with van der Waals surface area (Å²) in [4.78, 5) is 64.1.